The number of nitrogens with one attached hydrogen (secondary N) is 1. The molecule has 2 aliphatic rings. The average Bonchev–Trinajstić information content (AvgIpc) is 2.82. The van der Waals surface area contributed by atoms with Gasteiger partial charge in [-0.15, -0.1) is 0 Å². The van der Waals surface area contributed by atoms with Crippen LogP contribution in [0.1, 0.15) is 45.1 Å². The topological polar surface area (TPSA) is 95.5 Å². The zero-order valence-electron chi connectivity index (χ0n) is 19.8. The van der Waals surface area contributed by atoms with Gasteiger partial charge in [0, 0.05) is 44.6 Å². The predicted molar refractivity (Wildman–Crippen MR) is 127 cm³/mol. The molecule has 1 aliphatic heterocycles. The summed E-state index contributed by atoms with van der Waals surface area (Å²) in [6, 6.07) is 5.46. The number of aromatic nitrogens is 2. The summed E-state index contributed by atoms with van der Waals surface area (Å²) in [5.41, 5.74) is 0.927. The summed E-state index contributed by atoms with van der Waals surface area (Å²) in [6.45, 7) is 8.51. The number of carbonyl (C=O) groups is 2. The summed E-state index contributed by atoms with van der Waals surface area (Å²) in [5.74, 6) is 0.505. The molecule has 1 saturated carbocycles. The fourth-order valence-corrected chi connectivity index (χ4v) is 5.15. The standard InChI is InChI=1S/C25H34N4O4/c1-16(2)22(30)27-10-12-28(13-11-27)23(31)19-7-5-18(6-8-19)15-29-24(32)20-14-17(3)4-9-21(20)26-25(29)33/h4,9,14,16,18-19H,5-8,10-13,15H2,1-3H3,(H,26,33). The number of nitrogens with zero attached hydrogens (tertiary/aromatic N) is 3. The van der Waals surface area contributed by atoms with E-state index in [1.165, 1.54) is 4.57 Å². The Morgan fingerprint density at radius 3 is 2.27 bits per heavy atom. The van der Waals surface area contributed by atoms with Crippen molar-refractivity contribution in [1.29, 1.82) is 0 Å². The average molecular weight is 455 g/mol. The number of amides is 2. The zero-order chi connectivity index (χ0) is 23.7. The number of aromatic amines is 1. The van der Waals surface area contributed by atoms with Crippen LogP contribution >= 0.6 is 0 Å². The highest BCUT2D eigenvalue weighted by atomic mass is 16.2. The lowest BCUT2D eigenvalue weighted by molar-refractivity contribution is -0.144. The molecule has 0 radical (unpaired) electrons. The first kappa shape index (κ1) is 23.3. The number of carbonyl (C=O) groups excluding carboxylic acids is 2. The van der Waals surface area contributed by atoms with Crippen LogP contribution in [-0.2, 0) is 16.1 Å². The summed E-state index contributed by atoms with van der Waals surface area (Å²) in [5, 5.41) is 0.536. The van der Waals surface area contributed by atoms with Gasteiger partial charge in [-0.05, 0) is 50.7 Å². The largest absolute Gasteiger partial charge is 0.339 e. The summed E-state index contributed by atoms with van der Waals surface area (Å²) in [7, 11) is 0. The number of aryl methyl sites for hydroxylation is 1. The van der Waals surface area contributed by atoms with Gasteiger partial charge in [-0.1, -0.05) is 25.5 Å². The van der Waals surface area contributed by atoms with E-state index in [1.54, 1.807) is 6.07 Å². The molecule has 4 rings (SSSR count). The van der Waals surface area contributed by atoms with Gasteiger partial charge in [0.15, 0.2) is 0 Å². The molecular weight excluding hydrogens is 420 g/mol. The number of fused-ring (bicyclic) bond motifs is 1. The highest BCUT2D eigenvalue weighted by Gasteiger charge is 2.32. The first-order valence-corrected chi connectivity index (χ1v) is 12.1. The van der Waals surface area contributed by atoms with Gasteiger partial charge in [0.05, 0.1) is 10.9 Å². The fourth-order valence-electron chi connectivity index (χ4n) is 5.15. The lowest BCUT2D eigenvalue weighted by Gasteiger charge is -2.38. The molecule has 0 spiro atoms. The van der Waals surface area contributed by atoms with Crippen molar-refractivity contribution < 1.29 is 9.59 Å². The van der Waals surface area contributed by atoms with Crippen LogP contribution in [0, 0.1) is 24.7 Å². The van der Waals surface area contributed by atoms with Crippen LogP contribution in [0.4, 0.5) is 0 Å². The van der Waals surface area contributed by atoms with E-state index in [-0.39, 0.29) is 40.8 Å². The van der Waals surface area contributed by atoms with Crippen LogP contribution in [0.25, 0.3) is 10.9 Å². The molecule has 33 heavy (non-hydrogen) atoms. The van der Waals surface area contributed by atoms with E-state index in [2.05, 4.69) is 4.98 Å². The Morgan fingerprint density at radius 1 is 1.00 bits per heavy atom. The van der Waals surface area contributed by atoms with Crippen LogP contribution in [0.3, 0.4) is 0 Å². The Labute approximate surface area is 193 Å². The molecular formula is C25H34N4O4. The molecule has 2 aromatic rings. The van der Waals surface area contributed by atoms with Crippen LogP contribution in [-0.4, -0.2) is 57.3 Å². The number of hydrogen-bond donors (Lipinski definition) is 1. The summed E-state index contributed by atoms with van der Waals surface area (Å²) >= 11 is 0. The molecule has 1 aliphatic carbocycles. The van der Waals surface area contributed by atoms with E-state index < -0.39 is 0 Å². The Morgan fingerprint density at radius 2 is 1.64 bits per heavy atom. The van der Waals surface area contributed by atoms with Gasteiger partial charge in [0.25, 0.3) is 5.56 Å². The second-order valence-electron chi connectivity index (χ2n) is 9.92. The molecule has 2 amide bonds. The maximum atomic E-state index is 13.0. The summed E-state index contributed by atoms with van der Waals surface area (Å²) < 4.78 is 1.32. The molecule has 2 fully saturated rings. The van der Waals surface area contributed by atoms with E-state index in [1.807, 2.05) is 42.7 Å². The molecule has 0 atom stereocenters. The SMILES string of the molecule is Cc1ccc2[nH]c(=O)n(CC3CCC(C(=O)N4CCN(C(=O)C(C)C)CC4)CC3)c(=O)c2c1. The third-order valence-electron chi connectivity index (χ3n) is 7.17. The van der Waals surface area contributed by atoms with Crippen molar-refractivity contribution in [3.8, 4) is 0 Å². The second-order valence-corrected chi connectivity index (χ2v) is 9.92. The molecule has 8 nitrogen and oxygen atoms in total. The molecule has 1 N–H and O–H groups in total. The Bertz CT molecular complexity index is 1150. The molecule has 1 aromatic carbocycles. The minimum absolute atomic E-state index is 0.0112. The zero-order valence-corrected chi connectivity index (χ0v) is 19.8. The lowest BCUT2D eigenvalue weighted by atomic mass is 9.81. The van der Waals surface area contributed by atoms with Gasteiger partial charge in [-0.2, -0.15) is 0 Å². The third-order valence-corrected chi connectivity index (χ3v) is 7.17. The van der Waals surface area contributed by atoms with Gasteiger partial charge < -0.3 is 14.8 Å². The highest BCUT2D eigenvalue weighted by molar-refractivity contribution is 5.81. The van der Waals surface area contributed by atoms with E-state index >= 15 is 0 Å². The molecule has 0 bridgehead atoms. The first-order chi connectivity index (χ1) is 15.7. The number of H-pyrrole nitrogens is 1. The minimum Gasteiger partial charge on any atom is -0.339 e. The molecule has 1 aromatic heterocycles. The number of hydrogen-bond acceptors (Lipinski definition) is 4. The minimum atomic E-state index is -0.372. The smallest absolute Gasteiger partial charge is 0.328 e. The van der Waals surface area contributed by atoms with Crippen molar-refractivity contribution in [2.75, 3.05) is 26.2 Å². The lowest BCUT2D eigenvalue weighted by Crippen LogP contribution is -2.53. The van der Waals surface area contributed by atoms with Crippen LogP contribution in [0.5, 0.6) is 0 Å². The van der Waals surface area contributed by atoms with Crippen LogP contribution < -0.4 is 11.2 Å². The highest BCUT2D eigenvalue weighted by Crippen LogP contribution is 2.31. The van der Waals surface area contributed by atoms with Gasteiger partial charge in [0.2, 0.25) is 11.8 Å². The van der Waals surface area contributed by atoms with Crippen molar-refractivity contribution in [2.45, 2.75) is 53.0 Å². The molecule has 8 heteroatoms. The monoisotopic (exact) mass is 454 g/mol. The second kappa shape index (κ2) is 9.53. The van der Waals surface area contributed by atoms with Crippen LogP contribution in [0.15, 0.2) is 27.8 Å². The molecule has 178 valence electrons. The predicted octanol–water partition coefficient (Wildman–Crippen LogP) is 2.13. The quantitative estimate of drug-likeness (QED) is 0.766. The van der Waals surface area contributed by atoms with Gasteiger partial charge in [-0.25, -0.2) is 4.79 Å². The van der Waals surface area contributed by atoms with Crippen LogP contribution in [0.2, 0.25) is 0 Å². The Kier molecular flexibility index (Phi) is 6.72. The fraction of sp³-hybridized carbons (Fsp3) is 0.600. The van der Waals surface area contributed by atoms with Crippen molar-refractivity contribution in [2.24, 2.45) is 17.8 Å². The van der Waals surface area contributed by atoms with E-state index in [0.29, 0.717) is 43.6 Å². The number of benzene rings is 1. The van der Waals surface area contributed by atoms with E-state index in [9.17, 15) is 19.2 Å². The Balaban J connectivity index is 1.34. The van der Waals surface area contributed by atoms with Crippen molar-refractivity contribution >= 4 is 22.7 Å². The normalized spacial score (nSPS) is 21.6. The summed E-state index contributed by atoms with van der Waals surface area (Å²) in [4.78, 5) is 57.2. The van der Waals surface area contributed by atoms with Gasteiger partial charge >= 0.3 is 5.69 Å². The van der Waals surface area contributed by atoms with E-state index in [4.69, 9.17) is 0 Å². The molecule has 2 heterocycles. The Hall–Kier alpha value is -2.90. The van der Waals surface area contributed by atoms with Crippen molar-refractivity contribution in [3.63, 3.8) is 0 Å². The number of rotatable bonds is 4. The third kappa shape index (κ3) is 4.89. The van der Waals surface area contributed by atoms with Crippen molar-refractivity contribution in [1.82, 2.24) is 19.4 Å². The summed E-state index contributed by atoms with van der Waals surface area (Å²) in [6.07, 6.45) is 3.18. The van der Waals surface area contributed by atoms with E-state index in [0.717, 1.165) is 31.2 Å². The molecule has 1 saturated heterocycles. The van der Waals surface area contributed by atoms with Gasteiger partial charge in [0.1, 0.15) is 0 Å². The van der Waals surface area contributed by atoms with Gasteiger partial charge in [-0.3, -0.25) is 19.0 Å². The molecule has 0 unspecified atom stereocenters. The maximum absolute atomic E-state index is 13.0. The van der Waals surface area contributed by atoms with Crippen molar-refractivity contribution in [3.05, 3.63) is 44.6 Å². The first-order valence-electron chi connectivity index (χ1n) is 12.1. The maximum Gasteiger partial charge on any atom is 0.328 e. The number of piperazine rings is 1.